The number of hydrogen-bond acceptors (Lipinski definition) is 3. The topological polar surface area (TPSA) is 75.4 Å². The van der Waals surface area contributed by atoms with Gasteiger partial charge in [-0.3, -0.25) is 4.79 Å². The van der Waals surface area contributed by atoms with Crippen LogP contribution >= 0.6 is 0 Å². The van der Waals surface area contributed by atoms with E-state index in [2.05, 4.69) is 5.32 Å². The molecule has 4 nitrogen and oxygen atoms in total. The molecule has 1 fully saturated rings. The minimum absolute atomic E-state index is 0.0709. The van der Waals surface area contributed by atoms with Gasteiger partial charge >= 0.3 is 0 Å². The van der Waals surface area contributed by atoms with Crippen molar-refractivity contribution >= 4 is 5.91 Å². The van der Waals surface area contributed by atoms with Crippen molar-refractivity contribution in [1.29, 1.82) is 0 Å². The standard InChI is InChI=1S/C15H21FN2O2/c16-12-5-1-3-10(7-12)14(19)9-18-15(20)11-4-2-6-13(17)8-11/h1,3,5,7,11,13-14,19H,2,4,6,8-9,17H2,(H,18,20). The average molecular weight is 280 g/mol. The molecule has 1 aromatic carbocycles. The Morgan fingerprint density at radius 2 is 2.30 bits per heavy atom. The van der Waals surface area contributed by atoms with Gasteiger partial charge in [0.1, 0.15) is 5.82 Å². The summed E-state index contributed by atoms with van der Waals surface area (Å²) in [4.78, 5) is 12.0. The number of amides is 1. The first-order chi connectivity index (χ1) is 9.56. The molecule has 1 aromatic rings. The minimum Gasteiger partial charge on any atom is -0.387 e. The molecule has 0 aliphatic heterocycles. The zero-order valence-corrected chi connectivity index (χ0v) is 11.4. The molecule has 3 atom stereocenters. The van der Waals surface area contributed by atoms with Gasteiger partial charge in [0, 0.05) is 18.5 Å². The molecule has 20 heavy (non-hydrogen) atoms. The van der Waals surface area contributed by atoms with Gasteiger partial charge in [0.25, 0.3) is 0 Å². The van der Waals surface area contributed by atoms with Crippen LogP contribution in [0.25, 0.3) is 0 Å². The molecule has 0 aromatic heterocycles. The highest BCUT2D eigenvalue weighted by molar-refractivity contribution is 5.78. The molecule has 3 unspecified atom stereocenters. The fourth-order valence-electron chi connectivity index (χ4n) is 2.64. The molecule has 0 saturated heterocycles. The Morgan fingerprint density at radius 1 is 1.50 bits per heavy atom. The molecule has 0 bridgehead atoms. The van der Waals surface area contributed by atoms with Gasteiger partial charge < -0.3 is 16.2 Å². The lowest BCUT2D eigenvalue weighted by atomic mass is 9.85. The zero-order valence-electron chi connectivity index (χ0n) is 11.4. The number of aliphatic hydroxyl groups is 1. The second-order valence-electron chi connectivity index (χ2n) is 5.44. The fourth-order valence-corrected chi connectivity index (χ4v) is 2.64. The van der Waals surface area contributed by atoms with E-state index < -0.39 is 11.9 Å². The number of nitrogens with two attached hydrogens (primary N) is 1. The molecule has 0 heterocycles. The quantitative estimate of drug-likeness (QED) is 0.782. The SMILES string of the molecule is NC1CCCC(C(=O)NCC(O)c2cccc(F)c2)C1. The smallest absolute Gasteiger partial charge is 0.223 e. The van der Waals surface area contributed by atoms with Crippen LogP contribution in [0.15, 0.2) is 24.3 Å². The van der Waals surface area contributed by atoms with Gasteiger partial charge in [-0.05, 0) is 37.0 Å². The third-order valence-corrected chi connectivity index (χ3v) is 3.79. The molecule has 110 valence electrons. The number of nitrogens with one attached hydrogen (secondary N) is 1. The lowest BCUT2D eigenvalue weighted by molar-refractivity contribution is -0.126. The van der Waals surface area contributed by atoms with Gasteiger partial charge in [0.2, 0.25) is 5.91 Å². The second kappa shape index (κ2) is 6.81. The van der Waals surface area contributed by atoms with Crippen LogP contribution in [-0.4, -0.2) is 23.6 Å². The predicted octanol–water partition coefficient (Wildman–Crippen LogP) is 1.49. The number of carbonyl (C=O) groups is 1. The number of rotatable bonds is 4. The van der Waals surface area contributed by atoms with Gasteiger partial charge in [-0.25, -0.2) is 4.39 Å². The Labute approximate surface area is 118 Å². The Hall–Kier alpha value is -1.46. The van der Waals surface area contributed by atoms with Crippen molar-refractivity contribution in [2.75, 3.05) is 6.54 Å². The highest BCUT2D eigenvalue weighted by Gasteiger charge is 2.25. The molecule has 2 rings (SSSR count). The molecular formula is C15H21FN2O2. The Bertz CT molecular complexity index is 467. The highest BCUT2D eigenvalue weighted by Crippen LogP contribution is 2.23. The summed E-state index contributed by atoms with van der Waals surface area (Å²) >= 11 is 0. The Kier molecular flexibility index (Phi) is 5.09. The van der Waals surface area contributed by atoms with E-state index in [1.165, 1.54) is 18.2 Å². The van der Waals surface area contributed by atoms with Crippen LogP contribution in [0.2, 0.25) is 0 Å². The van der Waals surface area contributed by atoms with Crippen LogP contribution < -0.4 is 11.1 Å². The molecule has 1 aliphatic rings. The summed E-state index contributed by atoms with van der Waals surface area (Å²) < 4.78 is 13.0. The van der Waals surface area contributed by atoms with Crippen molar-refractivity contribution in [2.45, 2.75) is 37.8 Å². The summed E-state index contributed by atoms with van der Waals surface area (Å²) in [6.45, 7) is 0.0913. The lowest BCUT2D eigenvalue weighted by Gasteiger charge is -2.26. The third-order valence-electron chi connectivity index (χ3n) is 3.79. The van der Waals surface area contributed by atoms with E-state index in [0.29, 0.717) is 12.0 Å². The van der Waals surface area contributed by atoms with E-state index in [1.54, 1.807) is 6.07 Å². The fraction of sp³-hybridized carbons (Fsp3) is 0.533. The van der Waals surface area contributed by atoms with Gasteiger partial charge in [-0.1, -0.05) is 18.6 Å². The maximum atomic E-state index is 13.0. The summed E-state index contributed by atoms with van der Waals surface area (Å²) in [5.74, 6) is -0.541. The number of halogens is 1. The summed E-state index contributed by atoms with van der Waals surface area (Å²) in [5, 5.41) is 12.7. The van der Waals surface area contributed by atoms with Crippen LogP contribution in [-0.2, 0) is 4.79 Å². The van der Waals surface area contributed by atoms with Crippen LogP contribution in [0.3, 0.4) is 0 Å². The van der Waals surface area contributed by atoms with E-state index >= 15 is 0 Å². The first-order valence-electron chi connectivity index (χ1n) is 7.03. The number of hydrogen-bond donors (Lipinski definition) is 3. The molecule has 1 aliphatic carbocycles. The van der Waals surface area contributed by atoms with Crippen LogP contribution in [0, 0.1) is 11.7 Å². The van der Waals surface area contributed by atoms with Crippen LogP contribution in [0.1, 0.15) is 37.4 Å². The van der Waals surface area contributed by atoms with Crippen molar-refractivity contribution in [3.63, 3.8) is 0 Å². The molecular weight excluding hydrogens is 259 g/mol. The summed E-state index contributed by atoms with van der Waals surface area (Å²) in [6, 6.07) is 5.85. The first kappa shape index (κ1) is 14.9. The maximum absolute atomic E-state index is 13.0. The molecule has 1 saturated carbocycles. The maximum Gasteiger partial charge on any atom is 0.223 e. The van der Waals surface area contributed by atoms with E-state index in [9.17, 15) is 14.3 Å². The second-order valence-corrected chi connectivity index (χ2v) is 5.44. The number of carbonyl (C=O) groups excluding carboxylic acids is 1. The van der Waals surface area contributed by atoms with Crippen LogP contribution in [0.5, 0.6) is 0 Å². The van der Waals surface area contributed by atoms with Crippen molar-refractivity contribution in [1.82, 2.24) is 5.32 Å². The molecule has 5 heteroatoms. The van der Waals surface area contributed by atoms with Gasteiger partial charge in [-0.2, -0.15) is 0 Å². The van der Waals surface area contributed by atoms with E-state index in [0.717, 1.165) is 19.3 Å². The van der Waals surface area contributed by atoms with Crippen molar-refractivity contribution in [3.05, 3.63) is 35.6 Å². The van der Waals surface area contributed by atoms with Crippen molar-refractivity contribution < 1.29 is 14.3 Å². The van der Waals surface area contributed by atoms with Crippen molar-refractivity contribution in [3.8, 4) is 0 Å². The van der Waals surface area contributed by atoms with Gasteiger partial charge in [0.15, 0.2) is 0 Å². The largest absolute Gasteiger partial charge is 0.387 e. The third kappa shape index (κ3) is 4.02. The van der Waals surface area contributed by atoms with Gasteiger partial charge in [-0.15, -0.1) is 0 Å². The summed E-state index contributed by atoms with van der Waals surface area (Å²) in [7, 11) is 0. The van der Waals surface area contributed by atoms with E-state index in [-0.39, 0.29) is 24.4 Å². The summed E-state index contributed by atoms with van der Waals surface area (Å²) in [5.41, 5.74) is 6.32. The Morgan fingerprint density at radius 3 is 3.00 bits per heavy atom. The Balaban J connectivity index is 1.83. The highest BCUT2D eigenvalue weighted by atomic mass is 19.1. The number of benzene rings is 1. The lowest BCUT2D eigenvalue weighted by Crippen LogP contribution is -2.39. The molecule has 0 spiro atoms. The molecule has 0 radical (unpaired) electrons. The van der Waals surface area contributed by atoms with E-state index in [4.69, 9.17) is 5.73 Å². The molecule has 4 N–H and O–H groups in total. The normalized spacial score (nSPS) is 24.1. The molecule has 1 amide bonds. The van der Waals surface area contributed by atoms with Crippen LogP contribution in [0.4, 0.5) is 4.39 Å². The summed E-state index contributed by atoms with van der Waals surface area (Å²) in [6.07, 6.45) is 2.57. The van der Waals surface area contributed by atoms with Gasteiger partial charge in [0.05, 0.1) is 6.10 Å². The first-order valence-corrected chi connectivity index (χ1v) is 7.03. The van der Waals surface area contributed by atoms with Crippen molar-refractivity contribution in [2.24, 2.45) is 11.7 Å². The predicted molar refractivity (Wildman–Crippen MR) is 74.3 cm³/mol. The zero-order chi connectivity index (χ0) is 14.5. The average Bonchev–Trinajstić information content (AvgIpc) is 2.44. The monoisotopic (exact) mass is 280 g/mol. The van der Waals surface area contributed by atoms with E-state index in [1.807, 2.05) is 0 Å². The number of aliphatic hydroxyl groups excluding tert-OH is 1. The minimum atomic E-state index is -0.896.